The van der Waals surface area contributed by atoms with Crippen molar-refractivity contribution in [1.82, 2.24) is 0 Å². The van der Waals surface area contributed by atoms with E-state index >= 15 is 0 Å². The number of allylic oxidation sites excluding steroid dienone is 2. The number of carbonyl (C=O) groups excluding carboxylic acids is 1. The van der Waals surface area contributed by atoms with Crippen LogP contribution in [0.2, 0.25) is 5.04 Å². The van der Waals surface area contributed by atoms with Crippen molar-refractivity contribution in [2.24, 2.45) is 17.3 Å². The first-order valence-electron chi connectivity index (χ1n) is 16.1. The van der Waals surface area contributed by atoms with Crippen LogP contribution in [-0.2, 0) is 18.7 Å². The second-order valence-electron chi connectivity index (χ2n) is 13.8. The number of ketones is 1. The fraction of sp³-hybridized carbons (Fsp3) is 0.595. The zero-order valence-electron chi connectivity index (χ0n) is 27.2. The third kappa shape index (κ3) is 6.55. The number of Topliss-reactive ketones (excluding diaryl/α,β-unsaturated/α-hetero) is 1. The normalized spacial score (nSPS) is 22.7. The highest BCUT2D eigenvalue weighted by Crippen LogP contribution is 2.57. The summed E-state index contributed by atoms with van der Waals surface area (Å²) in [6.07, 6.45) is 7.46. The van der Waals surface area contributed by atoms with Gasteiger partial charge in [0, 0.05) is 40.0 Å². The van der Waals surface area contributed by atoms with Gasteiger partial charge in [-0.3, -0.25) is 4.79 Å². The van der Waals surface area contributed by atoms with Gasteiger partial charge in [0.15, 0.2) is 5.78 Å². The van der Waals surface area contributed by atoms with Gasteiger partial charge in [-0.2, -0.15) is 0 Å². The number of rotatable bonds is 14. The van der Waals surface area contributed by atoms with Crippen molar-refractivity contribution in [1.29, 1.82) is 0 Å². The maximum atomic E-state index is 13.5. The van der Waals surface area contributed by atoms with Gasteiger partial charge in [-0.1, -0.05) is 101 Å². The molecule has 230 valence electrons. The van der Waals surface area contributed by atoms with Crippen LogP contribution >= 0.6 is 0 Å². The van der Waals surface area contributed by atoms with Crippen molar-refractivity contribution in [3.63, 3.8) is 0 Å². The smallest absolute Gasteiger partial charge is 0.261 e. The van der Waals surface area contributed by atoms with E-state index in [0.29, 0.717) is 24.0 Å². The Labute approximate surface area is 256 Å². The molecule has 2 aromatic carbocycles. The Morgan fingerprint density at radius 1 is 0.929 bits per heavy atom. The second-order valence-corrected chi connectivity index (χ2v) is 18.0. The summed E-state index contributed by atoms with van der Waals surface area (Å²) in [6, 6.07) is 21.8. The minimum Gasteiger partial charge on any atom is -0.404 e. The second kappa shape index (κ2) is 14.2. The lowest BCUT2D eigenvalue weighted by Crippen LogP contribution is -2.67. The Morgan fingerprint density at radius 2 is 1.55 bits per heavy atom. The summed E-state index contributed by atoms with van der Waals surface area (Å²) in [5.74, 6) is 1.35. The predicted molar refractivity (Wildman–Crippen MR) is 176 cm³/mol. The molecule has 0 saturated heterocycles. The predicted octanol–water partition coefficient (Wildman–Crippen LogP) is 7.50. The molecule has 2 aromatic rings. The topological polar surface area (TPSA) is 44.8 Å². The van der Waals surface area contributed by atoms with E-state index in [1.807, 2.05) is 0 Å². The van der Waals surface area contributed by atoms with E-state index in [1.54, 1.807) is 14.2 Å². The van der Waals surface area contributed by atoms with Crippen LogP contribution in [0, 0.1) is 17.3 Å². The van der Waals surface area contributed by atoms with Crippen molar-refractivity contribution < 1.29 is 18.7 Å². The number of hydrogen-bond donors (Lipinski definition) is 0. The first-order valence-corrected chi connectivity index (χ1v) is 18.1. The van der Waals surface area contributed by atoms with Gasteiger partial charge in [-0.15, -0.1) is 0 Å². The quantitative estimate of drug-likeness (QED) is 0.214. The maximum absolute atomic E-state index is 13.5. The van der Waals surface area contributed by atoms with E-state index in [4.69, 9.17) is 13.9 Å². The minimum atomic E-state index is -2.65. The van der Waals surface area contributed by atoms with Crippen molar-refractivity contribution >= 4 is 24.5 Å². The highest BCUT2D eigenvalue weighted by atomic mass is 28.4. The van der Waals surface area contributed by atoms with Gasteiger partial charge >= 0.3 is 0 Å². The molecule has 1 saturated carbocycles. The van der Waals surface area contributed by atoms with E-state index < -0.39 is 8.32 Å². The van der Waals surface area contributed by atoms with Crippen molar-refractivity contribution in [2.75, 3.05) is 27.4 Å². The summed E-state index contributed by atoms with van der Waals surface area (Å²) in [6.45, 7) is 13.2. The first kappa shape index (κ1) is 32.9. The fourth-order valence-corrected chi connectivity index (χ4v) is 13.0. The average Bonchev–Trinajstić information content (AvgIpc) is 3.33. The summed E-state index contributed by atoms with van der Waals surface area (Å²) >= 11 is 0. The molecule has 1 fully saturated rings. The van der Waals surface area contributed by atoms with E-state index in [1.165, 1.54) is 15.9 Å². The Balaban J connectivity index is 1.64. The Hall–Kier alpha value is -2.05. The number of fused-ring (bicyclic) bond motifs is 1. The molecule has 0 bridgehead atoms. The van der Waals surface area contributed by atoms with Crippen LogP contribution in [0.4, 0.5) is 0 Å². The average molecular weight is 591 g/mol. The molecule has 4 rings (SSSR count). The van der Waals surface area contributed by atoms with E-state index in [9.17, 15) is 4.79 Å². The molecule has 2 aliphatic rings. The molecule has 0 radical (unpaired) electrons. The monoisotopic (exact) mass is 590 g/mol. The highest BCUT2D eigenvalue weighted by Gasteiger charge is 2.52. The lowest BCUT2D eigenvalue weighted by Gasteiger charge is -2.45. The maximum Gasteiger partial charge on any atom is 0.261 e. The summed E-state index contributed by atoms with van der Waals surface area (Å²) in [5, 5.41) is 2.55. The number of ether oxygens (including phenoxy) is 2. The van der Waals surface area contributed by atoms with Gasteiger partial charge < -0.3 is 13.9 Å². The molecule has 42 heavy (non-hydrogen) atoms. The summed E-state index contributed by atoms with van der Waals surface area (Å²) in [7, 11) is 0.933. The Kier molecular flexibility index (Phi) is 11.1. The van der Waals surface area contributed by atoms with Crippen molar-refractivity contribution in [2.45, 2.75) is 97.1 Å². The zero-order valence-corrected chi connectivity index (χ0v) is 28.2. The minimum absolute atomic E-state index is 0.0680. The summed E-state index contributed by atoms with van der Waals surface area (Å²) in [5.41, 5.74) is 2.61. The van der Waals surface area contributed by atoms with E-state index in [0.717, 1.165) is 63.7 Å². The molecule has 0 aromatic heterocycles. The largest absolute Gasteiger partial charge is 0.404 e. The Bertz CT molecular complexity index is 1150. The van der Waals surface area contributed by atoms with Crippen LogP contribution in [-0.4, -0.2) is 47.6 Å². The van der Waals surface area contributed by atoms with E-state index in [-0.39, 0.29) is 16.6 Å². The van der Waals surface area contributed by atoms with Crippen LogP contribution in [0.25, 0.3) is 0 Å². The SMILES string of the molecule is CCC(CCC1=C2CC[C@@H]([C@H](CCOC)COC)[C@]2(C)CCC1=O)O[Si](c1ccccc1)(c1ccccc1)C(C)(C)C. The third-order valence-corrected chi connectivity index (χ3v) is 15.5. The molecular weight excluding hydrogens is 536 g/mol. The van der Waals surface area contributed by atoms with Gasteiger partial charge in [-0.25, -0.2) is 0 Å². The van der Waals surface area contributed by atoms with Crippen LogP contribution in [0.15, 0.2) is 71.8 Å². The van der Waals surface area contributed by atoms with Crippen LogP contribution in [0.1, 0.15) is 86.0 Å². The number of hydrogen-bond acceptors (Lipinski definition) is 4. The highest BCUT2D eigenvalue weighted by molar-refractivity contribution is 6.99. The molecule has 4 nitrogen and oxygen atoms in total. The van der Waals surface area contributed by atoms with Gasteiger partial charge in [0.25, 0.3) is 8.32 Å². The fourth-order valence-electron chi connectivity index (χ4n) is 8.18. The summed E-state index contributed by atoms with van der Waals surface area (Å²) in [4.78, 5) is 13.5. The van der Waals surface area contributed by atoms with Gasteiger partial charge in [0.2, 0.25) is 0 Å². The van der Waals surface area contributed by atoms with Crippen LogP contribution in [0.3, 0.4) is 0 Å². The number of methoxy groups -OCH3 is 2. The lowest BCUT2D eigenvalue weighted by atomic mass is 9.64. The molecule has 0 spiro atoms. The molecule has 0 N–H and O–H groups in total. The van der Waals surface area contributed by atoms with Gasteiger partial charge in [0.05, 0.1) is 0 Å². The van der Waals surface area contributed by atoms with Gasteiger partial charge in [-0.05, 0) is 83.2 Å². The molecule has 0 amide bonds. The lowest BCUT2D eigenvalue weighted by molar-refractivity contribution is -0.117. The molecular formula is C37H54O4Si. The zero-order chi connectivity index (χ0) is 30.4. The first-order chi connectivity index (χ1) is 20.1. The third-order valence-electron chi connectivity index (χ3n) is 10.4. The molecule has 2 aliphatic carbocycles. The van der Waals surface area contributed by atoms with Crippen molar-refractivity contribution in [3.8, 4) is 0 Å². The van der Waals surface area contributed by atoms with Gasteiger partial charge in [0.1, 0.15) is 0 Å². The van der Waals surface area contributed by atoms with Crippen LogP contribution < -0.4 is 10.4 Å². The van der Waals surface area contributed by atoms with Crippen molar-refractivity contribution in [3.05, 3.63) is 71.8 Å². The molecule has 0 aliphatic heterocycles. The molecule has 0 heterocycles. The standard InChI is InChI=1S/C37H54O4Si/c1-8-29(41-42(36(2,3)4,30-15-11-9-12-16-30)31-17-13-10-14-18-31)19-20-32-34-22-21-33(28(27-40-7)24-26-39-6)37(34,5)25-23-35(32)38/h9-18,28-29,33H,8,19-27H2,1-7H3/t28-,29?,33+,37+/m1/s1. The molecule has 5 heteroatoms. The molecule has 1 unspecified atom stereocenters. The van der Waals surface area contributed by atoms with Crippen LogP contribution in [0.5, 0.6) is 0 Å². The number of benzene rings is 2. The Morgan fingerprint density at radius 3 is 2.07 bits per heavy atom. The molecule has 4 atom stereocenters. The van der Waals surface area contributed by atoms with E-state index in [2.05, 4.69) is 95.3 Å². The number of carbonyl (C=O) groups is 1. The summed E-state index contributed by atoms with van der Waals surface area (Å²) < 4.78 is 18.6.